The molecule has 0 N–H and O–H groups in total. The summed E-state index contributed by atoms with van der Waals surface area (Å²) in [6.07, 6.45) is 0.270. The number of carbonyl (C=O) groups is 1. The van der Waals surface area contributed by atoms with Crippen molar-refractivity contribution in [3.05, 3.63) is 59.6 Å². The maximum atomic E-state index is 12.8. The van der Waals surface area contributed by atoms with Gasteiger partial charge in [-0.05, 0) is 24.3 Å². The molecular formula is C20H18ClN5OS. The minimum absolute atomic E-state index is 0.0891. The molecule has 3 aromatic rings. The molecule has 1 heterocycles. The van der Waals surface area contributed by atoms with E-state index in [1.807, 2.05) is 60.1 Å². The van der Waals surface area contributed by atoms with Crippen LogP contribution in [0, 0.1) is 11.3 Å². The van der Waals surface area contributed by atoms with E-state index in [0.717, 1.165) is 11.3 Å². The molecule has 142 valence electrons. The number of amides is 1. The summed E-state index contributed by atoms with van der Waals surface area (Å²) in [5.74, 6) is 0.744. The fraction of sp³-hybridized carbons (Fsp3) is 0.200. The number of benzene rings is 2. The Kier molecular flexibility index (Phi) is 6.69. The van der Waals surface area contributed by atoms with Gasteiger partial charge in [0.05, 0.1) is 23.3 Å². The van der Waals surface area contributed by atoms with E-state index in [4.69, 9.17) is 16.9 Å². The van der Waals surface area contributed by atoms with E-state index >= 15 is 0 Å². The van der Waals surface area contributed by atoms with Crippen LogP contribution >= 0.6 is 23.4 Å². The summed E-state index contributed by atoms with van der Waals surface area (Å²) in [6, 6.07) is 18.9. The number of anilines is 1. The van der Waals surface area contributed by atoms with Crippen LogP contribution in [0.2, 0.25) is 5.02 Å². The predicted octanol–water partition coefficient (Wildman–Crippen LogP) is 4.17. The highest BCUT2D eigenvalue weighted by Crippen LogP contribution is 2.28. The molecule has 0 radical (unpaired) electrons. The number of rotatable bonds is 7. The zero-order valence-corrected chi connectivity index (χ0v) is 16.8. The van der Waals surface area contributed by atoms with Gasteiger partial charge in [0.15, 0.2) is 11.0 Å². The maximum Gasteiger partial charge on any atom is 0.237 e. The van der Waals surface area contributed by atoms with Gasteiger partial charge in [-0.2, -0.15) is 5.26 Å². The minimum Gasteiger partial charge on any atom is -0.311 e. The highest BCUT2D eigenvalue weighted by molar-refractivity contribution is 7.99. The number of carbonyl (C=O) groups excluding carboxylic acids is 1. The lowest BCUT2D eigenvalue weighted by atomic mass is 10.2. The molecule has 0 aliphatic heterocycles. The summed E-state index contributed by atoms with van der Waals surface area (Å²) in [7, 11) is 1.84. The second-order valence-electron chi connectivity index (χ2n) is 5.92. The number of nitrogens with zero attached hydrogens (tertiary/aromatic N) is 5. The molecule has 6 nitrogen and oxygen atoms in total. The van der Waals surface area contributed by atoms with Crippen molar-refractivity contribution < 1.29 is 4.79 Å². The Labute approximate surface area is 172 Å². The van der Waals surface area contributed by atoms with Gasteiger partial charge in [0.2, 0.25) is 5.91 Å². The Bertz CT molecular complexity index is 999. The highest BCUT2D eigenvalue weighted by atomic mass is 35.5. The molecule has 1 aromatic heterocycles. The molecule has 28 heavy (non-hydrogen) atoms. The maximum absolute atomic E-state index is 12.8. The van der Waals surface area contributed by atoms with Crippen molar-refractivity contribution in [2.45, 2.75) is 11.6 Å². The van der Waals surface area contributed by atoms with Gasteiger partial charge < -0.3 is 9.47 Å². The van der Waals surface area contributed by atoms with Gasteiger partial charge in [-0.25, -0.2) is 0 Å². The monoisotopic (exact) mass is 411 g/mol. The quantitative estimate of drug-likeness (QED) is 0.545. The van der Waals surface area contributed by atoms with E-state index in [2.05, 4.69) is 16.3 Å². The van der Waals surface area contributed by atoms with Crippen LogP contribution in [0.3, 0.4) is 0 Å². The smallest absolute Gasteiger partial charge is 0.237 e. The van der Waals surface area contributed by atoms with Crippen molar-refractivity contribution in [3.8, 4) is 17.5 Å². The summed E-state index contributed by atoms with van der Waals surface area (Å²) in [4.78, 5) is 14.4. The predicted molar refractivity (Wildman–Crippen MR) is 111 cm³/mol. The lowest BCUT2D eigenvalue weighted by Gasteiger charge is -2.21. The number of halogens is 1. The van der Waals surface area contributed by atoms with Crippen LogP contribution in [0.15, 0.2) is 59.8 Å². The van der Waals surface area contributed by atoms with Crippen LogP contribution in [-0.2, 0) is 11.8 Å². The van der Waals surface area contributed by atoms with Gasteiger partial charge in [-0.1, -0.05) is 53.7 Å². The summed E-state index contributed by atoms with van der Waals surface area (Å²) < 4.78 is 1.82. The first-order valence-corrected chi connectivity index (χ1v) is 9.97. The Morgan fingerprint density at radius 1 is 1.18 bits per heavy atom. The molecule has 1 amide bonds. The van der Waals surface area contributed by atoms with Gasteiger partial charge in [0.25, 0.3) is 0 Å². The molecule has 0 aliphatic carbocycles. The zero-order valence-electron chi connectivity index (χ0n) is 15.2. The molecule has 0 bridgehead atoms. The van der Waals surface area contributed by atoms with E-state index in [1.165, 1.54) is 11.8 Å². The number of hydrogen-bond donors (Lipinski definition) is 0. The number of hydrogen-bond acceptors (Lipinski definition) is 5. The van der Waals surface area contributed by atoms with Crippen LogP contribution in [0.25, 0.3) is 11.4 Å². The second-order valence-corrected chi connectivity index (χ2v) is 7.27. The standard InChI is InChI=1S/C20H18ClN5OS/c1-25-19(16-10-5-6-11-17(16)21)23-24-20(25)28-14-18(27)26(13-7-12-22)15-8-3-2-4-9-15/h2-6,8-11H,7,13-14H2,1H3. The van der Waals surface area contributed by atoms with E-state index in [1.54, 1.807) is 11.0 Å². The molecule has 0 fully saturated rings. The van der Waals surface area contributed by atoms with E-state index in [-0.39, 0.29) is 18.1 Å². The second kappa shape index (κ2) is 9.40. The molecule has 0 atom stereocenters. The minimum atomic E-state index is -0.0891. The first kappa shape index (κ1) is 19.9. The molecule has 0 saturated carbocycles. The normalized spacial score (nSPS) is 10.5. The van der Waals surface area contributed by atoms with Crippen LogP contribution in [-0.4, -0.2) is 33.0 Å². The fourth-order valence-corrected chi connectivity index (χ4v) is 3.70. The SMILES string of the molecule is Cn1c(SCC(=O)N(CCC#N)c2ccccc2)nnc1-c1ccccc1Cl. The van der Waals surface area contributed by atoms with Crippen LogP contribution in [0.1, 0.15) is 6.42 Å². The van der Waals surface area contributed by atoms with Gasteiger partial charge in [0, 0.05) is 24.8 Å². The molecule has 3 rings (SSSR count). The lowest BCUT2D eigenvalue weighted by Crippen LogP contribution is -2.33. The first-order chi connectivity index (χ1) is 13.6. The number of thioether (sulfide) groups is 1. The van der Waals surface area contributed by atoms with Crippen molar-refractivity contribution in [1.82, 2.24) is 14.8 Å². The lowest BCUT2D eigenvalue weighted by molar-refractivity contribution is -0.116. The van der Waals surface area contributed by atoms with E-state index in [0.29, 0.717) is 22.5 Å². The van der Waals surface area contributed by atoms with Crippen molar-refractivity contribution >= 4 is 35.0 Å². The largest absolute Gasteiger partial charge is 0.311 e. The van der Waals surface area contributed by atoms with E-state index in [9.17, 15) is 4.79 Å². The number of aromatic nitrogens is 3. The number of nitriles is 1. The summed E-state index contributed by atoms with van der Waals surface area (Å²) in [5, 5.41) is 18.5. The van der Waals surface area contributed by atoms with Gasteiger partial charge in [-0.15, -0.1) is 10.2 Å². The third kappa shape index (κ3) is 4.53. The Hall–Kier alpha value is -2.82. The van der Waals surface area contributed by atoms with Gasteiger partial charge in [-0.3, -0.25) is 4.79 Å². The molecular weight excluding hydrogens is 394 g/mol. The van der Waals surface area contributed by atoms with E-state index < -0.39 is 0 Å². The van der Waals surface area contributed by atoms with Crippen LogP contribution in [0.5, 0.6) is 0 Å². The molecule has 0 spiro atoms. The van der Waals surface area contributed by atoms with Crippen molar-refractivity contribution in [2.75, 3.05) is 17.2 Å². The molecule has 8 heteroatoms. The van der Waals surface area contributed by atoms with Gasteiger partial charge >= 0.3 is 0 Å². The molecule has 0 saturated heterocycles. The van der Waals surface area contributed by atoms with Crippen molar-refractivity contribution in [1.29, 1.82) is 5.26 Å². The summed E-state index contributed by atoms with van der Waals surface area (Å²) in [5.41, 5.74) is 1.57. The summed E-state index contributed by atoms with van der Waals surface area (Å²) >= 11 is 7.56. The molecule has 0 aliphatic rings. The van der Waals surface area contributed by atoms with Gasteiger partial charge in [0.1, 0.15) is 0 Å². The van der Waals surface area contributed by atoms with Crippen molar-refractivity contribution in [3.63, 3.8) is 0 Å². The summed E-state index contributed by atoms with van der Waals surface area (Å²) in [6.45, 7) is 0.351. The zero-order chi connectivity index (χ0) is 19.9. The topological polar surface area (TPSA) is 74.8 Å². The fourth-order valence-electron chi connectivity index (χ4n) is 2.69. The molecule has 0 unspecified atom stereocenters. The third-order valence-electron chi connectivity index (χ3n) is 4.09. The average Bonchev–Trinajstić information content (AvgIpc) is 3.08. The van der Waals surface area contributed by atoms with Crippen LogP contribution in [0.4, 0.5) is 5.69 Å². The van der Waals surface area contributed by atoms with Crippen molar-refractivity contribution in [2.24, 2.45) is 7.05 Å². The molecule has 2 aromatic carbocycles. The number of para-hydroxylation sites is 1. The van der Waals surface area contributed by atoms with Crippen LogP contribution < -0.4 is 4.90 Å². The Balaban J connectivity index is 1.73. The highest BCUT2D eigenvalue weighted by Gasteiger charge is 2.18. The Morgan fingerprint density at radius 2 is 1.89 bits per heavy atom. The first-order valence-electron chi connectivity index (χ1n) is 8.61. The Morgan fingerprint density at radius 3 is 2.61 bits per heavy atom. The average molecular weight is 412 g/mol. The third-order valence-corrected chi connectivity index (χ3v) is 5.43.